The quantitative estimate of drug-likeness (QED) is 0.682. The van der Waals surface area contributed by atoms with Crippen LogP contribution < -0.4 is 5.73 Å². The van der Waals surface area contributed by atoms with Gasteiger partial charge in [0.2, 0.25) is 0 Å². The normalized spacial score (nSPS) is 11.0. The predicted molar refractivity (Wildman–Crippen MR) is 51.7 cm³/mol. The van der Waals surface area contributed by atoms with Crippen molar-refractivity contribution in [2.45, 2.75) is 6.92 Å². The van der Waals surface area contributed by atoms with Crippen molar-refractivity contribution in [3.05, 3.63) is 35.2 Å². The molecule has 0 unspecified atom stereocenters. The van der Waals surface area contributed by atoms with Gasteiger partial charge in [-0.05, 0) is 30.2 Å². The summed E-state index contributed by atoms with van der Waals surface area (Å²) in [6.45, 7) is 1.79. The Morgan fingerprint density at radius 3 is 2.85 bits per heavy atom. The molecule has 0 radical (unpaired) electrons. The van der Waals surface area contributed by atoms with Gasteiger partial charge in [0.05, 0.1) is 12.3 Å². The van der Waals surface area contributed by atoms with Crippen molar-refractivity contribution in [3.63, 3.8) is 0 Å². The van der Waals surface area contributed by atoms with Gasteiger partial charge in [-0.25, -0.2) is 4.39 Å². The number of anilines is 1. The number of aliphatic hydroxyl groups is 1. The third-order valence-electron chi connectivity index (χ3n) is 1.79. The van der Waals surface area contributed by atoms with Gasteiger partial charge >= 0.3 is 0 Å². The molecule has 13 heavy (non-hydrogen) atoms. The molecule has 0 saturated heterocycles. The monoisotopic (exact) mass is 181 g/mol. The molecule has 0 atom stereocenters. The standard InChI is InChI=1S/C10H12FNO/c1-7-5-10(12)9(11)6-8(7)3-2-4-13/h2-3,5-6,13H,4,12H2,1H3. The van der Waals surface area contributed by atoms with Gasteiger partial charge in [-0.3, -0.25) is 0 Å². The number of benzene rings is 1. The maximum absolute atomic E-state index is 13.0. The largest absolute Gasteiger partial charge is 0.396 e. The van der Waals surface area contributed by atoms with Crippen molar-refractivity contribution in [2.75, 3.05) is 12.3 Å². The molecule has 3 heteroatoms. The fraction of sp³-hybridized carbons (Fsp3) is 0.200. The maximum atomic E-state index is 13.0. The smallest absolute Gasteiger partial charge is 0.146 e. The first-order chi connectivity index (χ1) is 6.15. The fourth-order valence-electron chi connectivity index (χ4n) is 1.08. The summed E-state index contributed by atoms with van der Waals surface area (Å²) in [5.74, 6) is -0.428. The van der Waals surface area contributed by atoms with E-state index in [0.29, 0.717) is 0 Å². The van der Waals surface area contributed by atoms with Crippen molar-refractivity contribution in [3.8, 4) is 0 Å². The van der Waals surface area contributed by atoms with Crippen LogP contribution in [0.15, 0.2) is 18.2 Å². The first-order valence-electron chi connectivity index (χ1n) is 3.98. The van der Waals surface area contributed by atoms with Crippen LogP contribution in [0.25, 0.3) is 6.08 Å². The second-order valence-corrected chi connectivity index (χ2v) is 2.82. The lowest BCUT2D eigenvalue weighted by molar-refractivity contribution is 0.343. The van der Waals surface area contributed by atoms with E-state index in [1.165, 1.54) is 6.07 Å². The number of hydrogen-bond donors (Lipinski definition) is 2. The first-order valence-corrected chi connectivity index (χ1v) is 3.98. The van der Waals surface area contributed by atoms with E-state index in [1.54, 1.807) is 18.2 Å². The minimum absolute atomic E-state index is 0.0502. The Kier molecular flexibility index (Phi) is 3.03. The molecule has 0 amide bonds. The van der Waals surface area contributed by atoms with Crippen LogP contribution >= 0.6 is 0 Å². The van der Waals surface area contributed by atoms with Crippen molar-refractivity contribution in [2.24, 2.45) is 0 Å². The molecule has 0 aromatic heterocycles. The highest BCUT2D eigenvalue weighted by Gasteiger charge is 2.01. The molecule has 2 nitrogen and oxygen atoms in total. The van der Waals surface area contributed by atoms with Crippen LogP contribution in [-0.4, -0.2) is 11.7 Å². The Hall–Kier alpha value is -1.35. The van der Waals surface area contributed by atoms with Crippen molar-refractivity contribution in [1.82, 2.24) is 0 Å². The second-order valence-electron chi connectivity index (χ2n) is 2.82. The van der Waals surface area contributed by atoms with E-state index in [9.17, 15) is 4.39 Å². The Morgan fingerprint density at radius 1 is 1.54 bits per heavy atom. The maximum Gasteiger partial charge on any atom is 0.146 e. The molecule has 0 fully saturated rings. The van der Waals surface area contributed by atoms with Gasteiger partial charge in [-0.2, -0.15) is 0 Å². The lowest BCUT2D eigenvalue weighted by Crippen LogP contribution is -1.93. The molecule has 1 rings (SSSR count). The van der Waals surface area contributed by atoms with Crippen molar-refractivity contribution >= 4 is 11.8 Å². The first kappa shape index (κ1) is 9.74. The third-order valence-corrected chi connectivity index (χ3v) is 1.79. The summed E-state index contributed by atoms with van der Waals surface area (Å²) in [5, 5.41) is 8.54. The zero-order chi connectivity index (χ0) is 9.84. The summed E-state index contributed by atoms with van der Waals surface area (Å²) in [6, 6.07) is 2.93. The number of halogens is 1. The van der Waals surface area contributed by atoms with E-state index in [2.05, 4.69) is 0 Å². The van der Waals surface area contributed by atoms with Crippen LogP contribution in [0, 0.1) is 12.7 Å². The van der Waals surface area contributed by atoms with E-state index in [-0.39, 0.29) is 12.3 Å². The van der Waals surface area contributed by atoms with E-state index < -0.39 is 5.82 Å². The fourth-order valence-corrected chi connectivity index (χ4v) is 1.08. The van der Waals surface area contributed by atoms with Crippen LogP contribution in [0.3, 0.4) is 0 Å². The molecule has 3 N–H and O–H groups in total. The zero-order valence-electron chi connectivity index (χ0n) is 7.42. The number of aliphatic hydroxyl groups excluding tert-OH is 1. The lowest BCUT2D eigenvalue weighted by atomic mass is 10.1. The average molecular weight is 181 g/mol. The van der Waals surface area contributed by atoms with E-state index in [0.717, 1.165) is 11.1 Å². The predicted octanol–water partition coefficient (Wildman–Crippen LogP) is 1.72. The van der Waals surface area contributed by atoms with E-state index >= 15 is 0 Å². The number of nitrogen functional groups attached to an aromatic ring is 1. The highest BCUT2D eigenvalue weighted by molar-refractivity contribution is 5.58. The van der Waals surface area contributed by atoms with Gasteiger partial charge in [0.1, 0.15) is 5.82 Å². The Bertz CT molecular complexity index is 334. The van der Waals surface area contributed by atoms with E-state index in [4.69, 9.17) is 10.8 Å². The van der Waals surface area contributed by atoms with Crippen molar-refractivity contribution in [1.29, 1.82) is 0 Å². The van der Waals surface area contributed by atoms with Crippen LogP contribution in [0.1, 0.15) is 11.1 Å². The molecule has 1 aromatic rings. The Labute approximate surface area is 76.5 Å². The summed E-state index contributed by atoms with van der Waals surface area (Å²) in [4.78, 5) is 0. The van der Waals surface area contributed by atoms with Gasteiger partial charge in [0.25, 0.3) is 0 Å². The molecule has 0 aliphatic heterocycles. The van der Waals surface area contributed by atoms with Crippen LogP contribution in [0.4, 0.5) is 10.1 Å². The minimum Gasteiger partial charge on any atom is -0.396 e. The summed E-state index contributed by atoms with van der Waals surface area (Å²) in [6.07, 6.45) is 3.22. The van der Waals surface area contributed by atoms with Gasteiger partial charge in [0.15, 0.2) is 0 Å². The SMILES string of the molecule is Cc1cc(N)c(F)cc1C=CCO. The molecular formula is C10H12FNO. The van der Waals surface area contributed by atoms with Gasteiger partial charge in [-0.15, -0.1) is 0 Å². The Morgan fingerprint density at radius 2 is 2.23 bits per heavy atom. The van der Waals surface area contributed by atoms with Crippen LogP contribution in [0.2, 0.25) is 0 Å². The summed E-state index contributed by atoms with van der Waals surface area (Å²) >= 11 is 0. The van der Waals surface area contributed by atoms with Gasteiger partial charge in [0, 0.05) is 0 Å². The molecule has 0 aliphatic rings. The highest BCUT2D eigenvalue weighted by atomic mass is 19.1. The molecule has 1 aromatic carbocycles. The second kappa shape index (κ2) is 4.05. The molecular weight excluding hydrogens is 169 g/mol. The molecule has 0 aliphatic carbocycles. The Balaban J connectivity index is 3.08. The topological polar surface area (TPSA) is 46.2 Å². The molecule has 0 spiro atoms. The van der Waals surface area contributed by atoms with Gasteiger partial charge in [-0.1, -0.05) is 12.2 Å². The van der Waals surface area contributed by atoms with Crippen LogP contribution in [0.5, 0.6) is 0 Å². The average Bonchev–Trinajstić information content (AvgIpc) is 2.09. The summed E-state index contributed by atoms with van der Waals surface area (Å²) in [7, 11) is 0. The number of aryl methyl sites for hydroxylation is 1. The number of hydrogen-bond acceptors (Lipinski definition) is 2. The zero-order valence-corrected chi connectivity index (χ0v) is 7.42. The van der Waals surface area contributed by atoms with Crippen molar-refractivity contribution < 1.29 is 9.50 Å². The van der Waals surface area contributed by atoms with Gasteiger partial charge < -0.3 is 10.8 Å². The van der Waals surface area contributed by atoms with E-state index in [1.807, 2.05) is 6.92 Å². The lowest BCUT2D eigenvalue weighted by Gasteiger charge is -2.02. The van der Waals surface area contributed by atoms with Crippen LogP contribution in [-0.2, 0) is 0 Å². The molecule has 70 valence electrons. The molecule has 0 bridgehead atoms. The minimum atomic E-state index is -0.428. The molecule has 0 saturated carbocycles. The highest BCUT2D eigenvalue weighted by Crippen LogP contribution is 2.17. The summed E-state index contributed by atoms with van der Waals surface area (Å²) < 4.78 is 13.0. The summed E-state index contributed by atoms with van der Waals surface area (Å²) in [5.41, 5.74) is 7.15. The number of rotatable bonds is 2. The number of nitrogens with two attached hydrogens (primary N) is 1. The molecule has 0 heterocycles. The third kappa shape index (κ3) is 2.29.